The Bertz CT molecular complexity index is 555. The number of carbonyl (C=O) groups is 1. The Morgan fingerprint density at radius 1 is 1.50 bits per heavy atom. The number of nitrogens with one attached hydrogen (secondary N) is 1. The smallest absolute Gasteiger partial charge is 0.292 e. The number of nitro groups is 1. The number of nitrogens with two attached hydrogens (primary N) is 1. The van der Waals surface area contributed by atoms with Gasteiger partial charge in [0, 0.05) is 12.6 Å². The summed E-state index contributed by atoms with van der Waals surface area (Å²) in [6.45, 7) is 4.51. The van der Waals surface area contributed by atoms with Crippen molar-refractivity contribution in [3.63, 3.8) is 0 Å². The molecule has 1 heterocycles. The van der Waals surface area contributed by atoms with E-state index in [0.717, 1.165) is 19.5 Å². The van der Waals surface area contributed by atoms with Gasteiger partial charge in [-0.3, -0.25) is 19.8 Å². The fourth-order valence-corrected chi connectivity index (χ4v) is 2.56. The molecule has 1 unspecified atom stereocenters. The highest BCUT2D eigenvalue weighted by Crippen LogP contribution is 2.28. The van der Waals surface area contributed by atoms with Gasteiger partial charge in [0.05, 0.1) is 11.5 Å². The summed E-state index contributed by atoms with van der Waals surface area (Å²) < 4.78 is 0. The molecule has 1 saturated heterocycles. The standard InChI is InChI=1S/C14H20N4O3.ClH/c1-14(9-15)6-7-17(10-14)8-13(19)16-11-4-2-3-5-12(11)18(20)21;/h2-5H,6-10,15H2,1H3,(H,16,19);1H. The average molecular weight is 329 g/mol. The van der Waals surface area contributed by atoms with Crippen molar-refractivity contribution in [3.05, 3.63) is 34.4 Å². The summed E-state index contributed by atoms with van der Waals surface area (Å²) in [4.78, 5) is 24.5. The first-order valence-electron chi connectivity index (χ1n) is 6.89. The van der Waals surface area contributed by atoms with Crippen molar-refractivity contribution in [1.82, 2.24) is 4.90 Å². The summed E-state index contributed by atoms with van der Waals surface area (Å²) in [5.41, 5.74) is 5.92. The van der Waals surface area contributed by atoms with E-state index in [9.17, 15) is 14.9 Å². The third kappa shape index (κ3) is 4.40. The third-order valence-electron chi connectivity index (χ3n) is 3.87. The van der Waals surface area contributed by atoms with E-state index >= 15 is 0 Å². The maximum absolute atomic E-state index is 12.0. The number of nitro benzene ring substituents is 1. The lowest BCUT2D eigenvalue weighted by molar-refractivity contribution is -0.383. The SMILES string of the molecule is CC1(CN)CCN(CC(=O)Nc2ccccc2[N+](=O)[O-])C1.Cl. The van der Waals surface area contributed by atoms with Gasteiger partial charge in [-0.05, 0) is 31.0 Å². The van der Waals surface area contributed by atoms with Gasteiger partial charge in [0.25, 0.3) is 5.69 Å². The largest absolute Gasteiger partial charge is 0.330 e. The molecule has 0 bridgehead atoms. The summed E-state index contributed by atoms with van der Waals surface area (Å²) in [7, 11) is 0. The van der Waals surface area contributed by atoms with Crippen LogP contribution >= 0.6 is 12.4 Å². The number of nitrogens with zero attached hydrogens (tertiary/aromatic N) is 2. The zero-order valence-corrected chi connectivity index (χ0v) is 13.3. The maximum Gasteiger partial charge on any atom is 0.292 e. The fraction of sp³-hybridized carbons (Fsp3) is 0.500. The molecule has 7 nitrogen and oxygen atoms in total. The van der Waals surface area contributed by atoms with E-state index in [4.69, 9.17) is 5.73 Å². The van der Waals surface area contributed by atoms with Gasteiger partial charge in [0.15, 0.2) is 0 Å². The molecule has 0 saturated carbocycles. The lowest BCUT2D eigenvalue weighted by Crippen LogP contribution is -2.35. The predicted molar refractivity (Wildman–Crippen MR) is 87.2 cm³/mol. The normalized spacial score (nSPS) is 21.2. The van der Waals surface area contributed by atoms with Gasteiger partial charge in [-0.2, -0.15) is 0 Å². The molecule has 8 heteroatoms. The van der Waals surface area contributed by atoms with Gasteiger partial charge in [0.2, 0.25) is 5.91 Å². The molecule has 1 fully saturated rings. The molecule has 0 aliphatic carbocycles. The number of amides is 1. The van der Waals surface area contributed by atoms with Crippen molar-refractivity contribution in [3.8, 4) is 0 Å². The highest BCUT2D eigenvalue weighted by Gasteiger charge is 2.33. The Morgan fingerprint density at radius 2 is 2.18 bits per heavy atom. The molecule has 3 N–H and O–H groups in total. The number of carbonyl (C=O) groups excluding carboxylic acids is 1. The van der Waals surface area contributed by atoms with Crippen molar-refractivity contribution >= 4 is 29.7 Å². The molecule has 0 aromatic heterocycles. The Hall–Kier alpha value is -1.70. The van der Waals surface area contributed by atoms with Gasteiger partial charge >= 0.3 is 0 Å². The molecule has 1 aliphatic rings. The molecule has 1 aliphatic heterocycles. The van der Waals surface area contributed by atoms with E-state index < -0.39 is 4.92 Å². The van der Waals surface area contributed by atoms with E-state index in [2.05, 4.69) is 12.2 Å². The molecular weight excluding hydrogens is 308 g/mol. The minimum Gasteiger partial charge on any atom is -0.330 e. The molecule has 1 amide bonds. The van der Waals surface area contributed by atoms with E-state index in [1.165, 1.54) is 12.1 Å². The van der Waals surface area contributed by atoms with E-state index in [-0.39, 0.29) is 41.6 Å². The summed E-state index contributed by atoms with van der Waals surface area (Å²) in [6.07, 6.45) is 0.961. The molecule has 1 aromatic carbocycles. The molecule has 122 valence electrons. The zero-order valence-electron chi connectivity index (χ0n) is 12.4. The van der Waals surface area contributed by atoms with Crippen molar-refractivity contribution in [2.24, 2.45) is 11.1 Å². The monoisotopic (exact) mass is 328 g/mol. The van der Waals surface area contributed by atoms with Crippen LogP contribution in [0.5, 0.6) is 0 Å². The van der Waals surface area contributed by atoms with Crippen molar-refractivity contribution in [2.75, 3.05) is 31.5 Å². The van der Waals surface area contributed by atoms with Crippen molar-refractivity contribution < 1.29 is 9.72 Å². The fourth-order valence-electron chi connectivity index (χ4n) is 2.56. The predicted octanol–water partition coefficient (Wildman–Crippen LogP) is 1.63. The highest BCUT2D eigenvalue weighted by molar-refractivity contribution is 5.94. The zero-order chi connectivity index (χ0) is 15.5. The first-order valence-corrected chi connectivity index (χ1v) is 6.89. The van der Waals surface area contributed by atoms with Crippen LogP contribution in [0.25, 0.3) is 0 Å². The van der Waals surface area contributed by atoms with E-state index in [0.29, 0.717) is 6.54 Å². The molecule has 1 aromatic rings. The lowest BCUT2D eigenvalue weighted by Gasteiger charge is -2.22. The number of anilines is 1. The van der Waals surface area contributed by atoms with E-state index in [1.54, 1.807) is 12.1 Å². The minimum absolute atomic E-state index is 0. The topological polar surface area (TPSA) is 102 Å². The number of hydrogen-bond donors (Lipinski definition) is 2. The van der Waals surface area contributed by atoms with Crippen LogP contribution in [0.2, 0.25) is 0 Å². The van der Waals surface area contributed by atoms with Crippen LogP contribution in [0.1, 0.15) is 13.3 Å². The van der Waals surface area contributed by atoms with Crippen LogP contribution < -0.4 is 11.1 Å². The van der Waals surface area contributed by atoms with Gasteiger partial charge in [-0.25, -0.2) is 0 Å². The summed E-state index contributed by atoms with van der Waals surface area (Å²) in [5.74, 6) is -0.245. The average Bonchev–Trinajstić information content (AvgIpc) is 2.81. The minimum atomic E-state index is -0.503. The summed E-state index contributed by atoms with van der Waals surface area (Å²) >= 11 is 0. The van der Waals surface area contributed by atoms with Gasteiger partial charge in [-0.1, -0.05) is 19.1 Å². The number of benzene rings is 1. The van der Waals surface area contributed by atoms with Gasteiger partial charge in [-0.15, -0.1) is 12.4 Å². The summed E-state index contributed by atoms with van der Waals surface area (Å²) in [6, 6.07) is 6.13. The molecular formula is C14H21ClN4O3. The second kappa shape index (κ2) is 7.53. The molecule has 0 spiro atoms. The Kier molecular flexibility index (Phi) is 6.28. The Labute approximate surface area is 135 Å². The second-order valence-corrected chi connectivity index (χ2v) is 5.80. The Balaban J connectivity index is 0.00000242. The molecule has 0 radical (unpaired) electrons. The molecule has 1 atom stereocenters. The number of hydrogen-bond acceptors (Lipinski definition) is 5. The number of likely N-dealkylation sites (tertiary alicyclic amines) is 1. The van der Waals surface area contributed by atoms with Crippen LogP contribution in [0.15, 0.2) is 24.3 Å². The van der Waals surface area contributed by atoms with Crippen LogP contribution in [-0.2, 0) is 4.79 Å². The van der Waals surface area contributed by atoms with Crippen molar-refractivity contribution in [1.29, 1.82) is 0 Å². The maximum atomic E-state index is 12.0. The quantitative estimate of drug-likeness (QED) is 0.631. The first kappa shape index (κ1) is 18.3. The second-order valence-electron chi connectivity index (χ2n) is 5.80. The van der Waals surface area contributed by atoms with Gasteiger partial charge < -0.3 is 11.1 Å². The number of halogens is 1. The number of rotatable bonds is 5. The number of para-hydroxylation sites is 2. The Morgan fingerprint density at radius 3 is 2.77 bits per heavy atom. The summed E-state index contributed by atoms with van der Waals surface area (Å²) in [5, 5.41) is 13.5. The van der Waals surface area contributed by atoms with E-state index in [1.807, 2.05) is 4.90 Å². The van der Waals surface area contributed by atoms with Crippen LogP contribution in [0.3, 0.4) is 0 Å². The van der Waals surface area contributed by atoms with Crippen LogP contribution in [-0.4, -0.2) is 41.9 Å². The third-order valence-corrected chi connectivity index (χ3v) is 3.87. The van der Waals surface area contributed by atoms with Gasteiger partial charge in [0.1, 0.15) is 5.69 Å². The molecule has 2 rings (SSSR count). The van der Waals surface area contributed by atoms with Crippen molar-refractivity contribution in [2.45, 2.75) is 13.3 Å². The van der Waals surface area contributed by atoms with Crippen LogP contribution in [0.4, 0.5) is 11.4 Å². The van der Waals surface area contributed by atoms with Crippen LogP contribution in [0, 0.1) is 15.5 Å². The first-order chi connectivity index (χ1) is 9.93. The highest BCUT2D eigenvalue weighted by atomic mass is 35.5. The lowest BCUT2D eigenvalue weighted by atomic mass is 9.90. The molecule has 22 heavy (non-hydrogen) atoms.